The zero-order valence-corrected chi connectivity index (χ0v) is 15.4. The molecule has 27 heavy (non-hydrogen) atoms. The number of imidazole rings is 1. The number of likely N-dealkylation sites (tertiary alicyclic amines) is 1. The van der Waals surface area contributed by atoms with Crippen LogP contribution in [0.1, 0.15) is 40.6 Å². The molecule has 1 aromatic heterocycles. The van der Waals surface area contributed by atoms with Gasteiger partial charge in [-0.3, -0.25) is 4.79 Å². The van der Waals surface area contributed by atoms with Crippen LogP contribution >= 0.6 is 0 Å². The van der Waals surface area contributed by atoms with Gasteiger partial charge in [0.05, 0.1) is 16.6 Å². The standard InChI is InChI=1S/C21H21F2N3O/c1-13-3-5-18(23)17(11-13)21(27)25-9-7-16(8-10-25)26-14(2)24-19-6-4-15(22)12-20(19)26/h3-6,11-12,16H,7-10H2,1-2H3. The zero-order valence-electron chi connectivity index (χ0n) is 15.4. The molecule has 0 radical (unpaired) electrons. The molecule has 0 aliphatic carbocycles. The smallest absolute Gasteiger partial charge is 0.256 e. The number of benzene rings is 2. The van der Waals surface area contributed by atoms with E-state index in [-0.39, 0.29) is 23.3 Å². The third-order valence-electron chi connectivity index (χ3n) is 5.30. The van der Waals surface area contributed by atoms with Crippen LogP contribution in [0.2, 0.25) is 0 Å². The first-order chi connectivity index (χ1) is 12.9. The second kappa shape index (κ2) is 6.76. The van der Waals surface area contributed by atoms with Crippen molar-refractivity contribution >= 4 is 16.9 Å². The molecule has 1 fully saturated rings. The topological polar surface area (TPSA) is 38.1 Å². The SMILES string of the molecule is Cc1ccc(F)c(C(=O)N2CCC(n3c(C)nc4ccc(F)cc43)CC2)c1. The number of carbonyl (C=O) groups is 1. The fraction of sp³-hybridized carbons (Fsp3) is 0.333. The van der Waals surface area contributed by atoms with Crippen LogP contribution in [-0.2, 0) is 0 Å². The van der Waals surface area contributed by atoms with E-state index in [4.69, 9.17) is 0 Å². The lowest BCUT2D eigenvalue weighted by Gasteiger charge is -2.33. The van der Waals surface area contributed by atoms with Crippen molar-refractivity contribution in [2.75, 3.05) is 13.1 Å². The third kappa shape index (κ3) is 3.20. The lowest BCUT2D eigenvalue weighted by atomic mass is 10.0. The fourth-order valence-electron chi connectivity index (χ4n) is 3.95. The molecule has 6 heteroatoms. The molecule has 0 saturated carbocycles. The minimum atomic E-state index is -0.486. The highest BCUT2D eigenvalue weighted by Gasteiger charge is 2.27. The highest BCUT2D eigenvalue weighted by Crippen LogP contribution is 2.30. The lowest BCUT2D eigenvalue weighted by Crippen LogP contribution is -2.39. The Morgan fingerprint density at radius 1 is 1.07 bits per heavy atom. The molecule has 140 valence electrons. The minimum Gasteiger partial charge on any atom is -0.338 e. The summed E-state index contributed by atoms with van der Waals surface area (Å²) in [6.45, 7) is 4.82. The number of halogens is 2. The summed E-state index contributed by atoms with van der Waals surface area (Å²) in [5.41, 5.74) is 2.54. The number of rotatable bonds is 2. The molecule has 4 rings (SSSR count). The molecule has 4 nitrogen and oxygen atoms in total. The summed E-state index contributed by atoms with van der Waals surface area (Å²) in [4.78, 5) is 18.9. The number of hydrogen-bond acceptors (Lipinski definition) is 2. The Kier molecular flexibility index (Phi) is 4.42. The van der Waals surface area contributed by atoms with Crippen molar-refractivity contribution in [2.45, 2.75) is 32.7 Å². The van der Waals surface area contributed by atoms with Crippen molar-refractivity contribution in [1.29, 1.82) is 0 Å². The molecule has 1 aliphatic rings. The largest absolute Gasteiger partial charge is 0.338 e. The van der Waals surface area contributed by atoms with Gasteiger partial charge in [0, 0.05) is 19.1 Å². The summed E-state index contributed by atoms with van der Waals surface area (Å²) >= 11 is 0. The van der Waals surface area contributed by atoms with Crippen LogP contribution in [-0.4, -0.2) is 33.4 Å². The van der Waals surface area contributed by atoms with Crippen molar-refractivity contribution in [2.24, 2.45) is 0 Å². The Morgan fingerprint density at radius 2 is 1.81 bits per heavy atom. The molecule has 1 amide bonds. The Labute approximate surface area is 156 Å². The molecule has 0 N–H and O–H groups in total. The minimum absolute atomic E-state index is 0.125. The van der Waals surface area contributed by atoms with Gasteiger partial charge in [-0.25, -0.2) is 13.8 Å². The first kappa shape index (κ1) is 17.6. The molecule has 0 bridgehead atoms. The van der Waals surface area contributed by atoms with Crippen LogP contribution in [0.25, 0.3) is 11.0 Å². The molecule has 1 saturated heterocycles. The number of carbonyl (C=O) groups excluding carboxylic acids is 1. The van der Waals surface area contributed by atoms with E-state index in [1.807, 2.05) is 13.8 Å². The summed E-state index contributed by atoms with van der Waals surface area (Å²) in [5.74, 6) is -0.205. The Bertz CT molecular complexity index is 1020. The molecule has 1 aliphatic heterocycles. The summed E-state index contributed by atoms with van der Waals surface area (Å²) in [7, 11) is 0. The quantitative estimate of drug-likeness (QED) is 0.671. The van der Waals surface area contributed by atoms with Crippen molar-refractivity contribution in [3.8, 4) is 0 Å². The second-order valence-corrected chi connectivity index (χ2v) is 7.17. The number of hydrogen-bond donors (Lipinski definition) is 0. The number of aryl methyl sites for hydroxylation is 2. The van der Waals surface area contributed by atoms with E-state index in [0.717, 1.165) is 35.3 Å². The maximum Gasteiger partial charge on any atom is 0.256 e. The monoisotopic (exact) mass is 369 g/mol. The van der Waals surface area contributed by atoms with Crippen LogP contribution in [0.5, 0.6) is 0 Å². The molecule has 0 unspecified atom stereocenters. The Morgan fingerprint density at radius 3 is 2.56 bits per heavy atom. The van der Waals surface area contributed by atoms with E-state index < -0.39 is 5.82 Å². The Balaban J connectivity index is 1.54. The lowest BCUT2D eigenvalue weighted by molar-refractivity contribution is 0.0690. The normalized spacial score (nSPS) is 15.5. The van der Waals surface area contributed by atoms with E-state index in [9.17, 15) is 13.6 Å². The van der Waals surface area contributed by atoms with Gasteiger partial charge >= 0.3 is 0 Å². The maximum absolute atomic E-state index is 14.0. The predicted octanol–water partition coefficient (Wildman–Crippen LogP) is 4.41. The Hall–Kier alpha value is -2.76. The van der Waals surface area contributed by atoms with E-state index in [1.165, 1.54) is 18.2 Å². The van der Waals surface area contributed by atoms with Crippen LogP contribution in [0, 0.1) is 25.5 Å². The molecule has 2 aromatic carbocycles. The summed E-state index contributed by atoms with van der Waals surface area (Å²) in [6.07, 6.45) is 1.45. The summed E-state index contributed by atoms with van der Waals surface area (Å²) in [6, 6.07) is 9.34. The van der Waals surface area contributed by atoms with Gasteiger partial charge in [-0.2, -0.15) is 0 Å². The first-order valence-corrected chi connectivity index (χ1v) is 9.13. The summed E-state index contributed by atoms with van der Waals surface area (Å²) in [5, 5.41) is 0. The molecule has 0 spiro atoms. The highest BCUT2D eigenvalue weighted by molar-refractivity contribution is 5.94. The average molecular weight is 369 g/mol. The highest BCUT2D eigenvalue weighted by atomic mass is 19.1. The average Bonchev–Trinajstić information content (AvgIpc) is 2.98. The van der Waals surface area contributed by atoms with E-state index in [0.29, 0.717) is 13.1 Å². The van der Waals surface area contributed by atoms with E-state index >= 15 is 0 Å². The van der Waals surface area contributed by atoms with Gasteiger partial charge in [-0.05, 0) is 57.0 Å². The molecular weight excluding hydrogens is 348 g/mol. The van der Waals surface area contributed by atoms with Gasteiger partial charge in [0.25, 0.3) is 5.91 Å². The van der Waals surface area contributed by atoms with Crippen LogP contribution in [0.3, 0.4) is 0 Å². The molecule has 3 aromatic rings. The van der Waals surface area contributed by atoms with Gasteiger partial charge in [-0.15, -0.1) is 0 Å². The summed E-state index contributed by atoms with van der Waals surface area (Å²) < 4.78 is 29.8. The number of nitrogens with zero attached hydrogens (tertiary/aromatic N) is 3. The van der Waals surface area contributed by atoms with Gasteiger partial charge in [0.1, 0.15) is 17.5 Å². The van der Waals surface area contributed by atoms with Crippen molar-refractivity contribution < 1.29 is 13.6 Å². The van der Waals surface area contributed by atoms with Gasteiger partial charge in [0.2, 0.25) is 0 Å². The first-order valence-electron chi connectivity index (χ1n) is 9.13. The maximum atomic E-state index is 14.0. The number of aromatic nitrogens is 2. The van der Waals surface area contributed by atoms with Gasteiger partial charge in [0.15, 0.2) is 0 Å². The van der Waals surface area contributed by atoms with Crippen LogP contribution < -0.4 is 0 Å². The number of fused-ring (bicyclic) bond motifs is 1. The number of amides is 1. The molecule has 0 atom stereocenters. The van der Waals surface area contributed by atoms with E-state index in [2.05, 4.69) is 9.55 Å². The van der Waals surface area contributed by atoms with Crippen LogP contribution in [0.4, 0.5) is 8.78 Å². The van der Waals surface area contributed by atoms with Crippen molar-refractivity contribution in [3.63, 3.8) is 0 Å². The predicted molar refractivity (Wildman–Crippen MR) is 99.7 cm³/mol. The van der Waals surface area contributed by atoms with Crippen molar-refractivity contribution in [3.05, 3.63) is 65.0 Å². The second-order valence-electron chi connectivity index (χ2n) is 7.17. The van der Waals surface area contributed by atoms with E-state index in [1.54, 1.807) is 23.1 Å². The van der Waals surface area contributed by atoms with Crippen molar-refractivity contribution in [1.82, 2.24) is 14.5 Å². The van der Waals surface area contributed by atoms with Gasteiger partial charge in [-0.1, -0.05) is 11.6 Å². The fourth-order valence-corrected chi connectivity index (χ4v) is 3.95. The molecular formula is C21H21F2N3O. The van der Waals surface area contributed by atoms with Gasteiger partial charge < -0.3 is 9.47 Å². The zero-order chi connectivity index (χ0) is 19.1. The number of piperidine rings is 1. The van der Waals surface area contributed by atoms with Crippen LogP contribution in [0.15, 0.2) is 36.4 Å². The third-order valence-corrected chi connectivity index (χ3v) is 5.30. The molecule has 2 heterocycles.